The van der Waals surface area contributed by atoms with Crippen LogP contribution in [0, 0.1) is 0 Å². The Morgan fingerprint density at radius 3 is 2.06 bits per heavy atom. The summed E-state index contributed by atoms with van der Waals surface area (Å²) in [6, 6.07) is 4.91. The van der Waals surface area contributed by atoms with Crippen molar-refractivity contribution in [1.29, 1.82) is 0 Å². The average Bonchev–Trinajstić information content (AvgIpc) is 2.28. The maximum absolute atomic E-state index is 6.06. The highest BCUT2D eigenvalue weighted by Gasteiger charge is 2.10. The van der Waals surface area contributed by atoms with Gasteiger partial charge in [0.1, 0.15) is 6.33 Å². The van der Waals surface area contributed by atoms with Crippen molar-refractivity contribution in [2.45, 2.75) is 6.04 Å². The van der Waals surface area contributed by atoms with E-state index in [1.54, 1.807) is 30.6 Å². The summed E-state index contributed by atoms with van der Waals surface area (Å²) in [4.78, 5) is 7.84. The fraction of sp³-hybridized carbons (Fsp3) is 0.0909. The molecule has 1 atom stereocenters. The summed E-state index contributed by atoms with van der Waals surface area (Å²) in [5.74, 6) is 0. The Bertz CT molecular complexity index is 468. The van der Waals surface area contributed by atoms with Crippen LogP contribution in [0.1, 0.15) is 17.2 Å². The zero-order valence-electron chi connectivity index (χ0n) is 8.27. The number of nitrogens with zero attached hydrogens (tertiary/aromatic N) is 2. The predicted octanol–water partition coefficient (Wildman–Crippen LogP) is 2.83. The van der Waals surface area contributed by atoms with Crippen LogP contribution < -0.4 is 5.73 Å². The molecule has 0 amide bonds. The maximum atomic E-state index is 6.06. The van der Waals surface area contributed by atoms with Crippen LogP contribution in [0.5, 0.6) is 0 Å². The Morgan fingerprint density at radius 1 is 0.938 bits per heavy atom. The Hall–Kier alpha value is -1.16. The van der Waals surface area contributed by atoms with Crippen LogP contribution in [-0.2, 0) is 0 Å². The van der Waals surface area contributed by atoms with Crippen LogP contribution in [-0.4, -0.2) is 9.97 Å². The van der Waals surface area contributed by atoms with Gasteiger partial charge in [-0.2, -0.15) is 0 Å². The van der Waals surface area contributed by atoms with Crippen LogP contribution in [0.25, 0.3) is 0 Å². The minimum atomic E-state index is -0.322. The molecule has 1 aromatic heterocycles. The lowest BCUT2D eigenvalue weighted by molar-refractivity contribution is 0.851. The molecular weight excluding hydrogens is 245 g/mol. The van der Waals surface area contributed by atoms with Gasteiger partial charge in [0.2, 0.25) is 0 Å². The number of halogens is 2. The summed E-state index contributed by atoms with van der Waals surface area (Å²) < 4.78 is 0. The second-order valence-electron chi connectivity index (χ2n) is 3.35. The van der Waals surface area contributed by atoms with E-state index in [0.29, 0.717) is 10.0 Å². The van der Waals surface area contributed by atoms with Gasteiger partial charge in [-0.05, 0) is 23.8 Å². The highest BCUT2D eigenvalue weighted by atomic mass is 35.5. The van der Waals surface area contributed by atoms with Crippen molar-refractivity contribution in [2.24, 2.45) is 5.73 Å². The summed E-state index contributed by atoms with van der Waals surface area (Å²) >= 11 is 11.8. The molecule has 0 radical (unpaired) electrons. The molecule has 1 unspecified atom stereocenters. The first-order valence-corrected chi connectivity index (χ1v) is 5.39. The highest BCUT2D eigenvalue weighted by Crippen LogP contribution is 2.25. The molecule has 0 aliphatic heterocycles. The smallest absolute Gasteiger partial charge is 0.115 e. The summed E-state index contributed by atoms with van der Waals surface area (Å²) in [7, 11) is 0. The zero-order chi connectivity index (χ0) is 11.5. The van der Waals surface area contributed by atoms with Gasteiger partial charge in [-0.25, -0.2) is 9.97 Å². The SMILES string of the molecule is NC(c1cncnc1)c1cc(Cl)cc(Cl)c1. The Labute approximate surface area is 103 Å². The van der Waals surface area contributed by atoms with E-state index >= 15 is 0 Å². The number of hydrogen-bond donors (Lipinski definition) is 1. The lowest BCUT2D eigenvalue weighted by atomic mass is 10.0. The predicted molar refractivity (Wildman–Crippen MR) is 64.5 cm³/mol. The fourth-order valence-electron chi connectivity index (χ4n) is 1.42. The lowest BCUT2D eigenvalue weighted by Gasteiger charge is -2.12. The van der Waals surface area contributed by atoms with Gasteiger partial charge in [-0.15, -0.1) is 0 Å². The van der Waals surface area contributed by atoms with Crippen molar-refractivity contribution in [3.8, 4) is 0 Å². The largest absolute Gasteiger partial charge is 0.320 e. The molecule has 3 nitrogen and oxygen atoms in total. The van der Waals surface area contributed by atoms with Crippen molar-refractivity contribution < 1.29 is 0 Å². The van der Waals surface area contributed by atoms with Gasteiger partial charge in [0.25, 0.3) is 0 Å². The third kappa shape index (κ3) is 2.50. The van der Waals surface area contributed by atoms with Crippen molar-refractivity contribution in [1.82, 2.24) is 9.97 Å². The van der Waals surface area contributed by atoms with Crippen LogP contribution >= 0.6 is 23.2 Å². The van der Waals surface area contributed by atoms with E-state index in [4.69, 9.17) is 28.9 Å². The van der Waals surface area contributed by atoms with Gasteiger partial charge in [0, 0.05) is 28.0 Å². The van der Waals surface area contributed by atoms with Crippen LogP contribution in [0.2, 0.25) is 10.0 Å². The third-order valence-corrected chi connectivity index (χ3v) is 2.62. The average molecular weight is 254 g/mol. The van der Waals surface area contributed by atoms with Crippen molar-refractivity contribution in [3.63, 3.8) is 0 Å². The van der Waals surface area contributed by atoms with E-state index in [1.165, 1.54) is 6.33 Å². The Kier molecular flexibility index (Phi) is 3.39. The van der Waals surface area contributed by atoms with Gasteiger partial charge >= 0.3 is 0 Å². The molecule has 2 aromatic rings. The van der Waals surface area contributed by atoms with E-state index in [-0.39, 0.29) is 6.04 Å². The van der Waals surface area contributed by atoms with Gasteiger partial charge in [0.15, 0.2) is 0 Å². The van der Waals surface area contributed by atoms with Crippen molar-refractivity contribution in [2.75, 3.05) is 0 Å². The number of nitrogens with two attached hydrogens (primary N) is 1. The van der Waals surface area contributed by atoms with Gasteiger partial charge in [0.05, 0.1) is 6.04 Å². The molecule has 0 saturated carbocycles. The number of benzene rings is 1. The molecule has 0 fully saturated rings. The molecular formula is C11H9Cl2N3. The Balaban J connectivity index is 2.37. The van der Waals surface area contributed by atoms with E-state index in [1.807, 2.05) is 0 Å². The fourth-order valence-corrected chi connectivity index (χ4v) is 1.96. The topological polar surface area (TPSA) is 51.8 Å². The molecule has 1 heterocycles. The standard InChI is InChI=1S/C11H9Cl2N3/c12-9-1-7(2-10(13)3-9)11(14)8-4-15-6-16-5-8/h1-6,11H,14H2. The molecule has 0 aliphatic rings. The molecule has 0 aliphatic carbocycles. The molecule has 0 bridgehead atoms. The van der Waals surface area contributed by atoms with Crippen molar-refractivity contribution >= 4 is 23.2 Å². The highest BCUT2D eigenvalue weighted by molar-refractivity contribution is 6.34. The molecule has 5 heteroatoms. The first-order valence-electron chi connectivity index (χ1n) is 4.63. The number of aromatic nitrogens is 2. The van der Waals surface area contributed by atoms with Gasteiger partial charge in [-0.1, -0.05) is 23.2 Å². The number of rotatable bonds is 2. The molecule has 82 valence electrons. The van der Waals surface area contributed by atoms with Gasteiger partial charge in [-0.3, -0.25) is 0 Å². The summed E-state index contributed by atoms with van der Waals surface area (Å²) in [5, 5.41) is 1.13. The zero-order valence-corrected chi connectivity index (χ0v) is 9.78. The maximum Gasteiger partial charge on any atom is 0.115 e. The van der Waals surface area contributed by atoms with Crippen LogP contribution in [0.3, 0.4) is 0 Å². The van der Waals surface area contributed by atoms with Crippen molar-refractivity contribution in [3.05, 3.63) is 58.1 Å². The molecule has 2 N–H and O–H groups in total. The normalized spacial score (nSPS) is 12.4. The molecule has 0 saturated heterocycles. The minimum absolute atomic E-state index is 0.322. The quantitative estimate of drug-likeness (QED) is 0.896. The Morgan fingerprint density at radius 2 is 1.50 bits per heavy atom. The molecule has 2 rings (SSSR count). The third-order valence-electron chi connectivity index (χ3n) is 2.18. The minimum Gasteiger partial charge on any atom is -0.320 e. The van der Waals surface area contributed by atoms with Gasteiger partial charge < -0.3 is 5.73 Å². The second kappa shape index (κ2) is 4.78. The second-order valence-corrected chi connectivity index (χ2v) is 4.23. The first-order chi connectivity index (χ1) is 7.66. The monoisotopic (exact) mass is 253 g/mol. The number of hydrogen-bond acceptors (Lipinski definition) is 3. The van der Waals surface area contributed by atoms with E-state index < -0.39 is 0 Å². The summed E-state index contributed by atoms with van der Waals surface area (Å²) in [6.45, 7) is 0. The summed E-state index contributed by atoms with van der Waals surface area (Å²) in [6.07, 6.45) is 4.81. The van der Waals surface area contributed by atoms with E-state index in [9.17, 15) is 0 Å². The van der Waals surface area contributed by atoms with Crippen LogP contribution in [0.4, 0.5) is 0 Å². The first kappa shape index (κ1) is 11.3. The summed E-state index contributed by atoms with van der Waals surface area (Å²) in [5.41, 5.74) is 7.72. The van der Waals surface area contributed by atoms with E-state index in [0.717, 1.165) is 11.1 Å². The van der Waals surface area contributed by atoms with Crippen LogP contribution in [0.15, 0.2) is 36.9 Å². The molecule has 16 heavy (non-hydrogen) atoms. The lowest BCUT2D eigenvalue weighted by Crippen LogP contribution is -2.12. The molecule has 0 spiro atoms. The van der Waals surface area contributed by atoms with E-state index in [2.05, 4.69) is 9.97 Å². The molecule has 1 aromatic carbocycles.